The lowest BCUT2D eigenvalue weighted by Gasteiger charge is -2.36. The highest BCUT2D eigenvalue weighted by atomic mass is 16.2. The number of carbonyl (C=O) groups is 1. The Bertz CT molecular complexity index is 491. The maximum Gasteiger partial charge on any atom is 0.269 e. The minimum Gasteiger partial charge on any atom is -0.350 e. The molecule has 1 aliphatic carbocycles. The number of imidazole rings is 1. The lowest BCUT2D eigenvalue weighted by Crippen LogP contribution is -2.42. The van der Waals surface area contributed by atoms with Gasteiger partial charge < -0.3 is 14.8 Å². The predicted molar refractivity (Wildman–Crippen MR) is 86.8 cm³/mol. The number of amides is 1. The normalized spacial score (nSPS) is 21.4. The van der Waals surface area contributed by atoms with Crippen LogP contribution in [0.2, 0.25) is 0 Å². The zero-order valence-corrected chi connectivity index (χ0v) is 13.8. The summed E-state index contributed by atoms with van der Waals surface area (Å²) in [4.78, 5) is 19.1. The van der Waals surface area contributed by atoms with Crippen LogP contribution >= 0.6 is 0 Å². The fourth-order valence-corrected chi connectivity index (χ4v) is 3.98. The maximum atomic E-state index is 12.3. The molecule has 122 valence electrons. The van der Waals surface area contributed by atoms with E-state index in [2.05, 4.69) is 15.2 Å². The molecular weight excluding hydrogens is 276 g/mol. The minimum absolute atomic E-state index is 0.00993. The lowest BCUT2D eigenvalue weighted by atomic mass is 9.95. The number of rotatable bonds is 4. The van der Waals surface area contributed by atoms with E-state index in [4.69, 9.17) is 0 Å². The van der Waals surface area contributed by atoms with Crippen LogP contribution in [0.25, 0.3) is 0 Å². The first kappa shape index (κ1) is 15.5. The van der Waals surface area contributed by atoms with E-state index in [0.29, 0.717) is 11.6 Å². The Hall–Kier alpha value is -1.36. The van der Waals surface area contributed by atoms with Gasteiger partial charge in [0.05, 0.1) is 12.0 Å². The van der Waals surface area contributed by atoms with Gasteiger partial charge in [-0.1, -0.05) is 12.8 Å². The molecular formula is C17H28N4O. The minimum atomic E-state index is 0.00993. The molecule has 1 amide bonds. The maximum absolute atomic E-state index is 12.3. The van der Waals surface area contributed by atoms with Crippen molar-refractivity contribution >= 4 is 5.91 Å². The Labute approximate surface area is 133 Å². The fourth-order valence-electron chi connectivity index (χ4n) is 3.98. The Morgan fingerprint density at radius 3 is 2.55 bits per heavy atom. The summed E-state index contributed by atoms with van der Waals surface area (Å²) < 4.78 is 1.80. The average molecular weight is 304 g/mol. The first-order chi connectivity index (χ1) is 10.6. The summed E-state index contributed by atoms with van der Waals surface area (Å²) in [7, 11) is 1.87. The van der Waals surface area contributed by atoms with Gasteiger partial charge in [0.25, 0.3) is 5.91 Å². The molecule has 5 nitrogen and oxygen atoms in total. The summed E-state index contributed by atoms with van der Waals surface area (Å²) in [5, 5.41) is 3.10. The van der Waals surface area contributed by atoms with Gasteiger partial charge >= 0.3 is 0 Å². The second kappa shape index (κ2) is 6.82. The van der Waals surface area contributed by atoms with E-state index in [0.717, 1.165) is 18.3 Å². The van der Waals surface area contributed by atoms with Gasteiger partial charge in [0, 0.05) is 19.6 Å². The summed E-state index contributed by atoms with van der Waals surface area (Å²) in [6, 6.07) is 0.840. The molecule has 2 fully saturated rings. The SMILES string of the molecule is Cc1ncn(C)c1C(=O)NCC1CCN(C2CCCC2)CC1. The van der Waals surface area contributed by atoms with Crippen molar-refractivity contribution in [1.82, 2.24) is 19.8 Å². The zero-order valence-electron chi connectivity index (χ0n) is 13.8. The molecule has 1 N–H and O–H groups in total. The Balaban J connectivity index is 1.44. The Kier molecular flexibility index (Phi) is 4.81. The van der Waals surface area contributed by atoms with Crippen LogP contribution in [-0.4, -0.2) is 46.0 Å². The first-order valence-electron chi connectivity index (χ1n) is 8.65. The molecule has 1 saturated carbocycles. The molecule has 2 aliphatic rings. The second-order valence-electron chi connectivity index (χ2n) is 6.92. The third-order valence-corrected chi connectivity index (χ3v) is 5.38. The quantitative estimate of drug-likeness (QED) is 0.927. The molecule has 3 rings (SSSR count). The van der Waals surface area contributed by atoms with Crippen molar-refractivity contribution in [3.05, 3.63) is 17.7 Å². The molecule has 0 radical (unpaired) electrons. The largest absolute Gasteiger partial charge is 0.350 e. The van der Waals surface area contributed by atoms with E-state index in [1.165, 1.54) is 51.6 Å². The van der Waals surface area contributed by atoms with Gasteiger partial charge in [-0.25, -0.2) is 4.98 Å². The average Bonchev–Trinajstić information content (AvgIpc) is 3.16. The number of carbonyl (C=O) groups excluding carboxylic acids is 1. The van der Waals surface area contributed by atoms with Crippen molar-refractivity contribution in [1.29, 1.82) is 0 Å². The summed E-state index contributed by atoms with van der Waals surface area (Å²) in [5.41, 5.74) is 1.49. The molecule has 22 heavy (non-hydrogen) atoms. The molecule has 0 spiro atoms. The lowest BCUT2D eigenvalue weighted by molar-refractivity contribution is 0.0916. The van der Waals surface area contributed by atoms with E-state index in [-0.39, 0.29) is 5.91 Å². The molecule has 0 aromatic carbocycles. The van der Waals surface area contributed by atoms with Crippen molar-refractivity contribution in [3.63, 3.8) is 0 Å². The van der Waals surface area contributed by atoms with Gasteiger partial charge in [0.2, 0.25) is 0 Å². The molecule has 5 heteroatoms. The summed E-state index contributed by atoms with van der Waals surface area (Å²) in [5.74, 6) is 0.630. The van der Waals surface area contributed by atoms with E-state index in [1.807, 2.05) is 14.0 Å². The molecule has 0 atom stereocenters. The van der Waals surface area contributed by atoms with Crippen LogP contribution in [0.5, 0.6) is 0 Å². The van der Waals surface area contributed by atoms with Gasteiger partial charge in [-0.05, 0) is 51.6 Å². The van der Waals surface area contributed by atoms with Gasteiger partial charge in [0.1, 0.15) is 5.69 Å². The van der Waals surface area contributed by atoms with E-state index in [1.54, 1.807) is 10.9 Å². The number of nitrogens with zero attached hydrogens (tertiary/aromatic N) is 3. The van der Waals surface area contributed by atoms with Crippen LogP contribution in [0, 0.1) is 12.8 Å². The summed E-state index contributed by atoms with van der Waals surface area (Å²) in [6.45, 7) is 5.09. The topological polar surface area (TPSA) is 50.2 Å². The molecule has 1 aliphatic heterocycles. The third kappa shape index (κ3) is 3.35. The highest BCUT2D eigenvalue weighted by molar-refractivity contribution is 5.93. The van der Waals surface area contributed by atoms with Crippen molar-refractivity contribution < 1.29 is 4.79 Å². The van der Waals surface area contributed by atoms with Crippen molar-refractivity contribution in [2.24, 2.45) is 13.0 Å². The Morgan fingerprint density at radius 2 is 1.95 bits per heavy atom. The number of aromatic nitrogens is 2. The summed E-state index contributed by atoms with van der Waals surface area (Å²) in [6.07, 6.45) is 9.71. The van der Waals surface area contributed by atoms with Crippen LogP contribution in [0.15, 0.2) is 6.33 Å². The van der Waals surface area contributed by atoms with Crippen molar-refractivity contribution in [2.75, 3.05) is 19.6 Å². The van der Waals surface area contributed by atoms with Crippen LogP contribution in [-0.2, 0) is 7.05 Å². The molecule has 1 aromatic heterocycles. The number of piperidine rings is 1. The van der Waals surface area contributed by atoms with Crippen LogP contribution in [0.1, 0.15) is 54.7 Å². The van der Waals surface area contributed by atoms with Crippen LogP contribution < -0.4 is 5.32 Å². The number of hydrogen-bond donors (Lipinski definition) is 1. The highest BCUT2D eigenvalue weighted by Crippen LogP contribution is 2.27. The monoisotopic (exact) mass is 304 g/mol. The van der Waals surface area contributed by atoms with Gasteiger partial charge in [-0.3, -0.25) is 4.79 Å². The van der Waals surface area contributed by atoms with E-state index in [9.17, 15) is 4.79 Å². The van der Waals surface area contributed by atoms with Gasteiger partial charge in [0.15, 0.2) is 0 Å². The number of hydrogen-bond acceptors (Lipinski definition) is 3. The molecule has 0 unspecified atom stereocenters. The molecule has 1 aromatic rings. The van der Waals surface area contributed by atoms with Gasteiger partial charge in [-0.15, -0.1) is 0 Å². The predicted octanol–water partition coefficient (Wildman–Crippen LogP) is 2.11. The smallest absolute Gasteiger partial charge is 0.269 e. The van der Waals surface area contributed by atoms with Crippen LogP contribution in [0.3, 0.4) is 0 Å². The standard InChI is InChI=1S/C17H28N4O/c1-13-16(20(2)12-19-13)17(22)18-11-14-7-9-21(10-8-14)15-5-3-4-6-15/h12,14-15H,3-11H2,1-2H3,(H,18,22). The van der Waals surface area contributed by atoms with Gasteiger partial charge in [-0.2, -0.15) is 0 Å². The highest BCUT2D eigenvalue weighted by Gasteiger charge is 2.27. The van der Waals surface area contributed by atoms with Crippen molar-refractivity contribution in [3.8, 4) is 0 Å². The first-order valence-corrected chi connectivity index (χ1v) is 8.65. The summed E-state index contributed by atoms with van der Waals surface area (Å²) >= 11 is 0. The fraction of sp³-hybridized carbons (Fsp3) is 0.765. The zero-order chi connectivity index (χ0) is 15.5. The number of likely N-dealkylation sites (tertiary alicyclic amines) is 1. The van der Waals surface area contributed by atoms with Crippen LogP contribution in [0.4, 0.5) is 0 Å². The Morgan fingerprint density at radius 1 is 1.27 bits per heavy atom. The number of aryl methyl sites for hydroxylation is 2. The molecule has 2 heterocycles. The van der Waals surface area contributed by atoms with Crippen molar-refractivity contribution in [2.45, 2.75) is 51.5 Å². The van der Waals surface area contributed by atoms with E-state index < -0.39 is 0 Å². The molecule has 1 saturated heterocycles. The number of nitrogens with one attached hydrogen (secondary N) is 1. The molecule has 0 bridgehead atoms. The van der Waals surface area contributed by atoms with E-state index >= 15 is 0 Å². The third-order valence-electron chi connectivity index (χ3n) is 5.38. The second-order valence-corrected chi connectivity index (χ2v) is 6.92.